The van der Waals surface area contributed by atoms with Crippen LogP contribution in [-0.4, -0.2) is 105 Å². The zero-order chi connectivity index (χ0) is 59.4. The Bertz CT molecular complexity index is 3180. The van der Waals surface area contributed by atoms with Crippen molar-refractivity contribution in [2.75, 3.05) is 21.5 Å². The molecule has 0 radical (unpaired) electrons. The monoisotopic (exact) mass is 1200 g/mol. The van der Waals surface area contributed by atoms with Crippen LogP contribution < -0.4 is 35.6 Å². The average Bonchev–Trinajstić information content (AvgIpc) is 3.99. The number of carbonyl (C=O) groups is 3. The summed E-state index contributed by atoms with van der Waals surface area (Å²) in [6, 6.07) is 8.34. The van der Waals surface area contributed by atoms with Gasteiger partial charge in [0.15, 0.2) is 5.82 Å². The molecule has 0 bridgehead atoms. The standard InChI is InChI=1S/C57H81N9O11S4/c1-32(2)75-53(68)61-39-20-18-36(19-21-39)51-64-49(48(79-51)44-25-23-40(28-46(44)80(71,72)65-56(8,9)10)60-52(67)59-30-37-17-15-14-16-35(37)7)66(57(11,12)13)81(73,74)47-29-41(62-54(69)76-33(3)4)22-24-43(47)45-31-58-50(78-45)38-26-42(27-38)63-55(70)77-34(5)6/h14-15,17,22-25,28-29,31-36,38-39,42,55,63,65,70H,16,18-21,26-27,30H2,1-13H3,(H,61,68)(H,62,69)(H2,59,60,67). The zero-order valence-corrected chi connectivity index (χ0v) is 51.9. The van der Waals surface area contributed by atoms with E-state index < -0.39 is 61.9 Å². The number of thiazole rings is 2. The van der Waals surface area contributed by atoms with E-state index in [-0.39, 0.29) is 86.0 Å². The van der Waals surface area contributed by atoms with Gasteiger partial charge in [0.05, 0.1) is 47.9 Å². The maximum atomic E-state index is 16.3. The predicted molar refractivity (Wildman–Crippen MR) is 319 cm³/mol. The Labute approximate surface area is 485 Å². The van der Waals surface area contributed by atoms with E-state index in [2.05, 4.69) is 44.3 Å². The van der Waals surface area contributed by atoms with Gasteiger partial charge in [-0.2, -0.15) is 0 Å². The number of aliphatic hydroxyl groups is 1. The van der Waals surface area contributed by atoms with Gasteiger partial charge in [-0.3, -0.25) is 10.6 Å². The molecule has 0 aliphatic heterocycles. The van der Waals surface area contributed by atoms with Crippen molar-refractivity contribution in [1.29, 1.82) is 0 Å². The van der Waals surface area contributed by atoms with Crippen molar-refractivity contribution < 1.29 is 50.5 Å². The van der Waals surface area contributed by atoms with Gasteiger partial charge in [0, 0.05) is 70.2 Å². The van der Waals surface area contributed by atoms with Crippen molar-refractivity contribution in [3.8, 4) is 20.9 Å². The minimum Gasteiger partial charge on any atom is -0.447 e. The number of carbonyl (C=O) groups excluding carboxylic acids is 3. The largest absolute Gasteiger partial charge is 0.447 e. The number of hydrogen-bond acceptors (Lipinski definition) is 16. The number of nitrogens with one attached hydrogen (secondary N) is 6. The number of aliphatic hydroxyl groups excluding tert-OH is 1. The van der Waals surface area contributed by atoms with E-state index in [1.807, 2.05) is 26.0 Å². The molecule has 2 aromatic carbocycles. The molecule has 444 valence electrons. The molecule has 3 aliphatic rings. The van der Waals surface area contributed by atoms with Crippen LogP contribution in [-0.2, 0) is 34.3 Å². The third-order valence-electron chi connectivity index (χ3n) is 13.5. The van der Waals surface area contributed by atoms with Gasteiger partial charge >= 0.3 is 18.2 Å². The predicted octanol–water partition coefficient (Wildman–Crippen LogP) is 11.3. The van der Waals surface area contributed by atoms with Gasteiger partial charge in [-0.15, -0.1) is 22.7 Å². The van der Waals surface area contributed by atoms with Gasteiger partial charge in [-0.25, -0.2) is 50.2 Å². The molecule has 2 atom stereocenters. The highest BCUT2D eigenvalue weighted by Crippen LogP contribution is 2.50. The summed E-state index contributed by atoms with van der Waals surface area (Å²) in [5.41, 5.74) is -0.495. The molecule has 2 heterocycles. The van der Waals surface area contributed by atoms with E-state index in [1.165, 1.54) is 39.1 Å². The highest BCUT2D eigenvalue weighted by molar-refractivity contribution is 7.93. The number of anilines is 3. The third-order valence-corrected chi connectivity index (χ3v) is 19.9. The molecule has 2 unspecified atom stereocenters. The summed E-state index contributed by atoms with van der Waals surface area (Å²) >= 11 is 2.53. The molecule has 24 heteroatoms. The molecule has 4 amide bonds. The maximum Gasteiger partial charge on any atom is 0.411 e. The van der Waals surface area contributed by atoms with Crippen molar-refractivity contribution in [3.05, 3.63) is 76.4 Å². The van der Waals surface area contributed by atoms with E-state index in [0.717, 1.165) is 17.0 Å². The molecule has 2 saturated carbocycles. The molecule has 0 spiro atoms. The van der Waals surface area contributed by atoms with E-state index in [9.17, 15) is 27.9 Å². The molecule has 4 aromatic rings. The number of benzene rings is 2. The molecule has 2 fully saturated rings. The van der Waals surface area contributed by atoms with E-state index in [0.29, 0.717) is 54.0 Å². The minimum absolute atomic E-state index is 0.0240. The molecule has 7 rings (SSSR count). The smallest absolute Gasteiger partial charge is 0.411 e. The molecule has 0 saturated heterocycles. The van der Waals surface area contributed by atoms with Crippen LogP contribution in [0.5, 0.6) is 0 Å². The molecular formula is C57H81N9O11S4. The van der Waals surface area contributed by atoms with Gasteiger partial charge < -0.3 is 35.3 Å². The lowest BCUT2D eigenvalue weighted by Gasteiger charge is -2.36. The number of allylic oxidation sites excluding steroid dienone is 3. The lowest BCUT2D eigenvalue weighted by molar-refractivity contribution is -0.153. The number of nitrogens with zero attached hydrogens (tertiary/aromatic N) is 3. The lowest BCUT2D eigenvalue weighted by atomic mass is 9.81. The maximum absolute atomic E-state index is 16.3. The number of alkyl carbamates (subject to hydrolysis) is 1. The van der Waals surface area contributed by atoms with E-state index in [4.69, 9.17) is 24.2 Å². The second-order valence-corrected chi connectivity index (χ2v) is 29.4. The summed E-state index contributed by atoms with van der Waals surface area (Å²) in [5.74, 6) is -0.00884. The number of hydrogen-bond donors (Lipinski definition) is 7. The van der Waals surface area contributed by atoms with Crippen molar-refractivity contribution in [3.63, 3.8) is 0 Å². The van der Waals surface area contributed by atoms with Crippen molar-refractivity contribution in [2.45, 2.75) is 204 Å². The van der Waals surface area contributed by atoms with Crippen molar-refractivity contribution in [1.82, 2.24) is 30.6 Å². The molecule has 2 aromatic heterocycles. The van der Waals surface area contributed by atoms with Gasteiger partial charge in [0.25, 0.3) is 10.0 Å². The molecule has 81 heavy (non-hydrogen) atoms. The highest BCUT2D eigenvalue weighted by atomic mass is 32.2. The van der Waals surface area contributed by atoms with Gasteiger partial charge in [0.2, 0.25) is 16.4 Å². The van der Waals surface area contributed by atoms with Crippen LogP contribution in [0.2, 0.25) is 0 Å². The summed E-state index contributed by atoms with van der Waals surface area (Å²) in [6.07, 6.45) is 8.66. The Balaban J connectivity index is 1.36. The number of aromatic nitrogens is 2. The number of ether oxygens (including phenoxy) is 3. The van der Waals surface area contributed by atoms with Crippen LogP contribution in [0.3, 0.4) is 0 Å². The summed E-state index contributed by atoms with van der Waals surface area (Å²) in [5, 5.41) is 26.2. The first-order valence-corrected chi connectivity index (χ1v) is 32.2. The first-order chi connectivity index (χ1) is 37.9. The quantitative estimate of drug-likeness (QED) is 0.0406. The van der Waals surface area contributed by atoms with Crippen molar-refractivity contribution >= 4 is 78.1 Å². The van der Waals surface area contributed by atoms with Gasteiger partial charge in [-0.05, 0) is 170 Å². The lowest BCUT2D eigenvalue weighted by Crippen LogP contribution is -2.47. The molecule has 3 aliphatic carbocycles. The Morgan fingerprint density at radius 3 is 2.02 bits per heavy atom. The summed E-state index contributed by atoms with van der Waals surface area (Å²) in [4.78, 5) is 49.7. The van der Waals surface area contributed by atoms with Crippen LogP contribution in [0.1, 0.15) is 157 Å². The van der Waals surface area contributed by atoms with Crippen molar-refractivity contribution in [2.24, 2.45) is 5.92 Å². The van der Waals surface area contributed by atoms with Crippen LogP contribution >= 0.6 is 22.7 Å². The Morgan fingerprint density at radius 1 is 0.778 bits per heavy atom. The second kappa shape index (κ2) is 26.0. The fourth-order valence-electron chi connectivity index (χ4n) is 9.89. The molecule has 20 nitrogen and oxygen atoms in total. The van der Waals surface area contributed by atoms with Gasteiger partial charge in [0.1, 0.15) is 0 Å². The van der Waals surface area contributed by atoms with E-state index >= 15 is 8.42 Å². The average molecular weight is 1200 g/mol. The second-order valence-electron chi connectivity index (χ2n) is 23.9. The SMILES string of the molecule is CC(C)OC(=O)Nc1ccc(-c2cnc(C3CC(NC(O)OC(C)C)C3)s2)c(S(=O)(=O)N(c2nc(C3CCC(NC(=O)OC(C)C)CC3)sc2-c2ccc(NC(=O)NCC3=CC=CCC3C)cc2S(=O)(=O)NC(C)(C)C)C(C)(C)C)c1. The first-order valence-electron chi connectivity index (χ1n) is 27.7. The summed E-state index contributed by atoms with van der Waals surface area (Å²) in [7, 11) is -9.24. The van der Waals surface area contributed by atoms with Gasteiger partial charge in [-0.1, -0.05) is 31.2 Å². The number of amides is 4. The topological polar surface area (TPSA) is 269 Å². The van der Waals surface area contributed by atoms with Crippen LogP contribution in [0.25, 0.3) is 20.9 Å². The summed E-state index contributed by atoms with van der Waals surface area (Å²) < 4.78 is 82.6. The Hall–Kier alpha value is -5.47. The van der Waals surface area contributed by atoms with Crippen LogP contribution in [0, 0.1) is 5.92 Å². The fraction of sp³-hybridized carbons (Fsp3) is 0.561. The third kappa shape index (κ3) is 16.6. The summed E-state index contributed by atoms with van der Waals surface area (Å²) in [6.45, 7) is 23.3. The number of urea groups is 1. The molecule has 7 N–H and O–H groups in total. The minimum atomic E-state index is -4.80. The van der Waals surface area contributed by atoms with E-state index in [1.54, 1.807) is 99.7 Å². The van der Waals surface area contributed by atoms with Crippen LogP contribution in [0.4, 0.5) is 31.6 Å². The number of sulfonamides is 2. The van der Waals surface area contributed by atoms with Crippen LogP contribution in [0.15, 0.2) is 76.2 Å². The molecular weight excluding hydrogens is 1110 g/mol. The highest BCUT2D eigenvalue weighted by Gasteiger charge is 2.42. The Morgan fingerprint density at radius 2 is 1.41 bits per heavy atom. The number of rotatable bonds is 20. The Kier molecular flexibility index (Phi) is 20.2. The fourth-order valence-corrected chi connectivity index (χ4v) is 16.1. The normalized spacial score (nSPS) is 20.1. The first kappa shape index (κ1) is 63.1. The zero-order valence-electron chi connectivity index (χ0n) is 48.6.